The van der Waals surface area contributed by atoms with Gasteiger partial charge in [0.05, 0.1) is 33.3 Å². The zero-order valence-corrected chi connectivity index (χ0v) is 6.17. The topological polar surface area (TPSA) is 46.1 Å². The first-order valence-corrected chi connectivity index (χ1v) is 3.49. The van der Waals surface area contributed by atoms with Gasteiger partial charge in [0.25, 0.3) is 0 Å². The number of piperazine rings is 1. The SMILES string of the molecule is COC(=O)N1CC[NH2+]CC1. The Kier molecular flexibility index (Phi) is 2.50. The van der Waals surface area contributed by atoms with Crippen molar-refractivity contribution in [2.24, 2.45) is 0 Å². The van der Waals surface area contributed by atoms with Crippen LogP contribution >= 0.6 is 0 Å². The van der Waals surface area contributed by atoms with E-state index in [1.54, 1.807) is 4.90 Å². The van der Waals surface area contributed by atoms with Gasteiger partial charge in [-0.1, -0.05) is 0 Å². The maximum atomic E-state index is 10.9. The number of ether oxygens (including phenoxy) is 1. The lowest BCUT2D eigenvalue weighted by atomic mass is 10.4. The molecule has 0 radical (unpaired) electrons. The van der Waals surface area contributed by atoms with Gasteiger partial charge in [0.2, 0.25) is 0 Å². The molecular formula is C6H13N2O2+. The summed E-state index contributed by atoms with van der Waals surface area (Å²) in [7, 11) is 1.42. The minimum atomic E-state index is -0.201. The maximum Gasteiger partial charge on any atom is 0.409 e. The van der Waals surface area contributed by atoms with Crippen molar-refractivity contribution in [3.8, 4) is 0 Å². The molecule has 0 bridgehead atoms. The number of nitrogens with zero attached hydrogens (tertiary/aromatic N) is 1. The van der Waals surface area contributed by atoms with Crippen LogP contribution in [0.1, 0.15) is 0 Å². The third kappa shape index (κ3) is 1.60. The lowest BCUT2D eigenvalue weighted by Crippen LogP contribution is -2.89. The molecule has 0 aliphatic carbocycles. The predicted molar refractivity (Wildman–Crippen MR) is 35.6 cm³/mol. The molecule has 1 heterocycles. The summed E-state index contributed by atoms with van der Waals surface area (Å²) in [5.41, 5.74) is 0. The molecule has 1 saturated heterocycles. The lowest BCUT2D eigenvalue weighted by molar-refractivity contribution is -0.662. The molecule has 0 aromatic rings. The minimum absolute atomic E-state index is 0.201. The van der Waals surface area contributed by atoms with Crippen molar-refractivity contribution in [3.05, 3.63) is 0 Å². The van der Waals surface area contributed by atoms with E-state index in [2.05, 4.69) is 10.1 Å². The van der Waals surface area contributed by atoms with Crippen molar-refractivity contribution in [2.75, 3.05) is 33.3 Å². The fourth-order valence-corrected chi connectivity index (χ4v) is 1.06. The molecule has 0 spiro atoms. The Morgan fingerprint density at radius 3 is 2.60 bits per heavy atom. The van der Waals surface area contributed by atoms with Gasteiger partial charge in [0.1, 0.15) is 0 Å². The largest absolute Gasteiger partial charge is 0.453 e. The molecule has 4 nitrogen and oxygen atoms in total. The molecule has 1 fully saturated rings. The van der Waals surface area contributed by atoms with Gasteiger partial charge < -0.3 is 10.1 Å². The molecule has 0 aromatic heterocycles. The Bertz CT molecular complexity index is 121. The summed E-state index contributed by atoms with van der Waals surface area (Å²) in [4.78, 5) is 12.6. The molecule has 0 unspecified atom stereocenters. The Morgan fingerprint density at radius 2 is 2.10 bits per heavy atom. The summed E-state index contributed by atoms with van der Waals surface area (Å²) in [5, 5.41) is 2.19. The number of rotatable bonds is 0. The summed E-state index contributed by atoms with van der Waals surface area (Å²) < 4.78 is 4.56. The van der Waals surface area contributed by atoms with Crippen molar-refractivity contribution in [1.29, 1.82) is 0 Å². The molecule has 1 aliphatic rings. The van der Waals surface area contributed by atoms with Crippen LogP contribution in [0.25, 0.3) is 0 Å². The van der Waals surface area contributed by atoms with Crippen molar-refractivity contribution in [3.63, 3.8) is 0 Å². The monoisotopic (exact) mass is 145 g/mol. The van der Waals surface area contributed by atoms with Gasteiger partial charge in [-0.05, 0) is 0 Å². The van der Waals surface area contributed by atoms with Crippen molar-refractivity contribution < 1.29 is 14.8 Å². The van der Waals surface area contributed by atoms with E-state index in [4.69, 9.17) is 0 Å². The molecule has 0 saturated carbocycles. The molecule has 10 heavy (non-hydrogen) atoms. The lowest BCUT2D eigenvalue weighted by Gasteiger charge is -2.23. The number of quaternary nitrogens is 1. The van der Waals surface area contributed by atoms with Gasteiger partial charge in [0.15, 0.2) is 0 Å². The molecule has 1 amide bonds. The van der Waals surface area contributed by atoms with Crippen LogP contribution in [0.2, 0.25) is 0 Å². The van der Waals surface area contributed by atoms with Gasteiger partial charge in [-0.15, -0.1) is 0 Å². The number of hydrogen-bond acceptors (Lipinski definition) is 2. The van der Waals surface area contributed by atoms with Crippen LogP contribution < -0.4 is 5.32 Å². The van der Waals surface area contributed by atoms with E-state index < -0.39 is 0 Å². The Labute approximate surface area is 60.1 Å². The molecule has 0 atom stereocenters. The van der Waals surface area contributed by atoms with E-state index in [0.717, 1.165) is 26.2 Å². The summed E-state index contributed by atoms with van der Waals surface area (Å²) >= 11 is 0. The summed E-state index contributed by atoms with van der Waals surface area (Å²) in [6, 6.07) is 0. The predicted octanol–water partition coefficient (Wildman–Crippen LogP) is -1.37. The van der Waals surface area contributed by atoms with E-state index >= 15 is 0 Å². The van der Waals surface area contributed by atoms with Crippen LogP contribution in [-0.4, -0.2) is 44.3 Å². The van der Waals surface area contributed by atoms with E-state index in [0.29, 0.717) is 0 Å². The number of hydrogen-bond donors (Lipinski definition) is 1. The van der Waals surface area contributed by atoms with E-state index in [1.807, 2.05) is 0 Å². The maximum absolute atomic E-state index is 10.9. The van der Waals surface area contributed by atoms with Crippen LogP contribution in [0.5, 0.6) is 0 Å². The quantitative estimate of drug-likeness (QED) is 0.457. The molecule has 1 aliphatic heterocycles. The second-order valence-corrected chi connectivity index (χ2v) is 2.32. The normalized spacial score (nSPS) is 18.7. The first-order valence-electron chi connectivity index (χ1n) is 3.49. The highest BCUT2D eigenvalue weighted by atomic mass is 16.5. The number of nitrogens with two attached hydrogens (primary N) is 1. The first kappa shape index (κ1) is 7.34. The van der Waals surface area contributed by atoms with Gasteiger partial charge in [-0.25, -0.2) is 4.79 Å². The Morgan fingerprint density at radius 1 is 1.50 bits per heavy atom. The van der Waals surface area contributed by atoms with Gasteiger partial charge >= 0.3 is 6.09 Å². The van der Waals surface area contributed by atoms with Crippen molar-refractivity contribution in [1.82, 2.24) is 4.90 Å². The standard InChI is InChI=1S/C6H12N2O2/c1-10-6(9)8-4-2-7-3-5-8/h7H,2-5H2,1H3/p+1. The fraction of sp³-hybridized carbons (Fsp3) is 0.833. The van der Waals surface area contributed by atoms with Crippen LogP contribution in [-0.2, 0) is 4.74 Å². The Balaban J connectivity index is 2.31. The van der Waals surface area contributed by atoms with Gasteiger partial charge in [-0.3, -0.25) is 4.90 Å². The highest BCUT2D eigenvalue weighted by Gasteiger charge is 2.17. The number of carbonyl (C=O) groups is 1. The van der Waals surface area contributed by atoms with Crippen LogP contribution in [0.4, 0.5) is 4.79 Å². The third-order valence-corrected chi connectivity index (χ3v) is 1.64. The van der Waals surface area contributed by atoms with Crippen molar-refractivity contribution >= 4 is 6.09 Å². The first-order chi connectivity index (χ1) is 4.84. The van der Waals surface area contributed by atoms with Crippen LogP contribution in [0, 0.1) is 0 Å². The molecule has 1 rings (SSSR count). The second-order valence-electron chi connectivity index (χ2n) is 2.32. The van der Waals surface area contributed by atoms with Gasteiger partial charge in [-0.2, -0.15) is 0 Å². The fourth-order valence-electron chi connectivity index (χ4n) is 1.06. The molecule has 58 valence electrons. The summed E-state index contributed by atoms with van der Waals surface area (Å²) in [5.74, 6) is 0. The average Bonchev–Trinajstić information content (AvgIpc) is 2.05. The molecule has 2 N–H and O–H groups in total. The average molecular weight is 145 g/mol. The van der Waals surface area contributed by atoms with E-state index in [9.17, 15) is 4.79 Å². The van der Waals surface area contributed by atoms with Crippen molar-refractivity contribution in [2.45, 2.75) is 0 Å². The Hall–Kier alpha value is -0.770. The van der Waals surface area contributed by atoms with Crippen LogP contribution in [0.15, 0.2) is 0 Å². The smallest absolute Gasteiger partial charge is 0.409 e. The van der Waals surface area contributed by atoms with E-state index in [-0.39, 0.29) is 6.09 Å². The summed E-state index contributed by atoms with van der Waals surface area (Å²) in [6.07, 6.45) is -0.201. The third-order valence-electron chi connectivity index (χ3n) is 1.64. The summed E-state index contributed by atoms with van der Waals surface area (Å²) in [6.45, 7) is 3.61. The highest BCUT2D eigenvalue weighted by molar-refractivity contribution is 5.67. The van der Waals surface area contributed by atoms with E-state index in [1.165, 1.54) is 7.11 Å². The van der Waals surface area contributed by atoms with Gasteiger partial charge in [0, 0.05) is 0 Å². The number of carbonyl (C=O) groups excluding carboxylic acids is 1. The number of amides is 1. The zero-order chi connectivity index (χ0) is 7.40. The molecule has 4 heteroatoms. The minimum Gasteiger partial charge on any atom is -0.453 e. The second kappa shape index (κ2) is 3.41. The zero-order valence-electron chi connectivity index (χ0n) is 6.17. The highest BCUT2D eigenvalue weighted by Crippen LogP contribution is 1.91. The molecular weight excluding hydrogens is 132 g/mol. The van der Waals surface area contributed by atoms with Crippen LogP contribution in [0.3, 0.4) is 0 Å². The number of methoxy groups -OCH3 is 1. The molecule has 0 aromatic carbocycles.